The number of benzene rings is 1. The van der Waals surface area contributed by atoms with Crippen molar-refractivity contribution in [2.24, 2.45) is 7.05 Å². The van der Waals surface area contributed by atoms with Crippen molar-refractivity contribution >= 4 is 16.9 Å². The minimum absolute atomic E-state index is 0.251. The van der Waals surface area contributed by atoms with Crippen LogP contribution in [0.25, 0.3) is 11.0 Å². The molecule has 1 aromatic carbocycles. The molecule has 0 aliphatic heterocycles. The minimum Gasteiger partial charge on any atom is -0.497 e. The van der Waals surface area contributed by atoms with Gasteiger partial charge < -0.3 is 19.0 Å². The van der Waals surface area contributed by atoms with Crippen molar-refractivity contribution in [1.82, 2.24) is 9.88 Å². The van der Waals surface area contributed by atoms with Gasteiger partial charge in [0.2, 0.25) is 0 Å². The number of hydrogen-bond acceptors (Lipinski definition) is 4. The van der Waals surface area contributed by atoms with Gasteiger partial charge in [-0.05, 0) is 30.7 Å². The van der Waals surface area contributed by atoms with E-state index in [9.17, 15) is 9.59 Å². The van der Waals surface area contributed by atoms with Gasteiger partial charge in [0.1, 0.15) is 17.1 Å². The fourth-order valence-corrected chi connectivity index (χ4v) is 2.61. The molecular formula is C18H18N2O4. The molecule has 3 aromatic rings. The van der Waals surface area contributed by atoms with Gasteiger partial charge >= 0.3 is 0 Å². The number of fused-ring (bicyclic) bond motifs is 1. The second-order valence-electron chi connectivity index (χ2n) is 5.54. The maximum atomic E-state index is 12.6. The molecule has 0 bridgehead atoms. The third-order valence-corrected chi connectivity index (χ3v) is 3.93. The zero-order valence-corrected chi connectivity index (χ0v) is 13.8. The summed E-state index contributed by atoms with van der Waals surface area (Å²) in [5, 5.41) is 3.14. The molecule has 24 heavy (non-hydrogen) atoms. The van der Waals surface area contributed by atoms with Gasteiger partial charge in [0.05, 0.1) is 18.1 Å². The summed E-state index contributed by atoms with van der Waals surface area (Å²) in [6.45, 7) is 2.03. The molecule has 6 heteroatoms. The summed E-state index contributed by atoms with van der Waals surface area (Å²) in [5.74, 6) is 0.858. The molecule has 2 aromatic heterocycles. The van der Waals surface area contributed by atoms with Crippen molar-refractivity contribution in [3.63, 3.8) is 0 Å². The van der Waals surface area contributed by atoms with Crippen LogP contribution in [0.4, 0.5) is 0 Å². The summed E-state index contributed by atoms with van der Waals surface area (Å²) in [5.41, 5.74) is 1.39. The number of hydrogen-bond donors (Lipinski definition) is 1. The topological polar surface area (TPSA) is 73.5 Å². The number of pyridine rings is 1. The van der Waals surface area contributed by atoms with Crippen LogP contribution in [0.1, 0.15) is 21.7 Å². The highest BCUT2D eigenvalue weighted by molar-refractivity contribution is 6.06. The van der Waals surface area contributed by atoms with Crippen LogP contribution in [0.3, 0.4) is 0 Å². The van der Waals surface area contributed by atoms with Crippen LogP contribution in [0, 0.1) is 6.92 Å². The van der Waals surface area contributed by atoms with E-state index in [1.54, 1.807) is 33.3 Å². The van der Waals surface area contributed by atoms with E-state index in [-0.39, 0.29) is 11.5 Å². The van der Waals surface area contributed by atoms with Gasteiger partial charge in [0.25, 0.3) is 11.5 Å². The number of carbonyl (C=O) groups excluding carboxylic acids is 1. The van der Waals surface area contributed by atoms with E-state index in [0.717, 1.165) is 11.3 Å². The molecular weight excluding hydrogens is 308 g/mol. The van der Waals surface area contributed by atoms with E-state index in [4.69, 9.17) is 9.15 Å². The fraction of sp³-hybridized carbons (Fsp3) is 0.222. The Morgan fingerprint density at radius 3 is 2.62 bits per heavy atom. The fourth-order valence-electron chi connectivity index (χ4n) is 2.61. The molecule has 0 aliphatic rings. The maximum Gasteiger partial charge on any atom is 0.262 e. The Labute approximate surface area is 138 Å². The van der Waals surface area contributed by atoms with Crippen LogP contribution in [0.15, 0.2) is 45.7 Å². The Kier molecular flexibility index (Phi) is 4.12. The third kappa shape index (κ3) is 2.78. The quantitative estimate of drug-likeness (QED) is 0.799. The van der Waals surface area contributed by atoms with Crippen molar-refractivity contribution in [3.8, 4) is 5.75 Å². The highest BCUT2D eigenvalue weighted by Gasteiger charge is 2.21. The van der Waals surface area contributed by atoms with Crippen molar-refractivity contribution in [2.45, 2.75) is 13.5 Å². The lowest BCUT2D eigenvalue weighted by Crippen LogP contribution is -2.25. The molecule has 0 unspecified atom stereocenters. The molecule has 1 N–H and O–H groups in total. The van der Waals surface area contributed by atoms with E-state index in [1.165, 1.54) is 4.57 Å². The number of aryl methyl sites for hydroxylation is 2. The molecule has 1 amide bonds. The van der Waals surface area contributed by atoms with Crippen molar-refractivity contribution < 1.29 is 13.9 Å². The summed E-state index contributed by atoms with van der Waals surface area (Å²) in [7, 11) is 3.24. The standard InChI is InChI=1S/C18H18N2O4/c1-11-15(16-14(24-11)8-9-20(2)18(16)22)17(21)19-10-12-4-6-13(23-3)7-5-12/h4-9H,10H2,1-3H3,(H,19,21). The zero-order chi connectivity index (χ0) is 17.3. The van der Waals surface area contributed by atoms with E-state index in [1.807, 2.05) is 24.3 Å². The van der Waals surface area contributed by atoms with Crippen LogP contribution in [-0.4, -0.2) is 17.6 Å². The van der Waals surface area contributed by atoms with Crippen LogP contribution in [0.5, 0.6) is 5.75 Å². The number of methoxy groups -OCH3 is 1. The Bertz CT molecular complexity index is 952. The number of carbonyl (C=O) groups is 1. The second kappa shape index (κ2) is 6.23. The first-order valence-corrected chi connectivity index (χ1v) is 7.51. The lowest BCUT2D eigenvalue weighted by molar-refractivity contribution is 0.0950. The highest BCUT2D eigenvalue weighted by atomic mass is 16.5. The summed E-state index contributed by atoms with van der Waals surface area (Å²) >= 11 is 0. The largest absolute Gasteiger partial charge is 0.497 e. The predicted molar refractivity (Wildman–Crippen MR) is 90.4 cm³/mol. The average Bonchev–Trinajstić information content (AvgIpc) is 2.93. The lowest BCUT2D eigenvalue weighted by atomic mass is 10.1. The van der Waals surface area contributed by atoms with Gasteiger partial charge in [-0.2, -0.15) is 0 Å². The smallest absolute Gasteiger partial charge is 0.262 e. The average molecular weight is 326 g/mol. The molecule has 0 fully saturated rings. The SMILES string of the molecule is COc1ccc(CNC(=O)c2c(C)oc3ccn(C)c(=O)c23)cc1. The molecule has 6 nitrogen and oxygen atoms in total. The van der Waals surface area contributed by atoms with Crippen LogP contribution in [-0.2, 0) is 13.6 Å². The number of amides is 1. The monoisotopic (exact) mass is 326 g/mol. The van der Waals surface area contributed by atoms with Gasteiger partial charge in [-0.15, -0.1) is 0 Å². The van der Waals surface area contributed by atoms with Gasteiger partial charge in [-0.25, -0.2) is 0 Å². The van der Waals surface area contributed by atoms with Crippen LogP contribution < -0.4 is 15.6 Å². The summed E-state index contributed by atoms with van der Waals surface area (Å²) < 4.78 is 12.1. The van der Waals surface area contributed by atoms with Crippen molar-refractivity contribution in [3.05, 3.63) is 63.8 Å². The summed E-state index contributed by atoms with van der Waals surface area (Å²) in [6, 6.07) is 9.09. The highest BCUT2D eigenvalue weighted by Crippen LogP contribution is 2.22. The molecule has 0 saturated carbocycles. The molecule has 0 aliphatic carbocycles. The normalized spacial score (nSPS) is 10.8. The van der Waals surface area contributed by atoms with E-state index in [0.29, 0.717) is 28.8 Å². The van der Waals surface area contributed by atoms with Crippen molar-refractivity contribution in [1.29, 1.82) is 0 Å². The van der Waals surface area contributed by atoms with Gasteiger partial charge in [0.15, 0.2) is 0 Å². The second-order valence-corrected chi connectivity index (χ2v) is 5.54. The molecule has 0 atom stereocenters. The molecule has 2 heterocycles. The van der Waals surface area contributed by atoms with E-state index < -0.39 is 0 Å². The molecule has 0 spiro atoms. The van der Waals surface area contributed by atoms with Crippen LogP contribution >= 0.6 is 0 Å². The molecule has 3 rings (SSSR count). The number of rotatable bonds is 4. The molecule has 0 saturated heterocycles. The summed E-state index contributed by atoms with van der Waals surface area (Å²) in [4.78, 5) is 24.9. The minimum atomic E-state index is -0.328. The summed E-state index contributed by atoms with van der Waals surface area (Å²) in [6.07, 6.45) is 1.62. The third-order valence-electron chi connectivity index (χ3n) is 3.93. The predicted octanol–water partition coefficient (Wildman–Crippen LogP) is 2.38. The number of ether oxygens (including phenoxy) is 1. The molecule has 124 valence electrons. The molecule has 0 radical (unpaired) electrons. The van der Waals surface area contributed by atoms with E-state index in [2.05, 4.69) is 5.32 Å². The lowest BCUT2D eigenvalue weighted by Gasteiger charge is -2.06. The first-order valence-electron chi connectivity index (χ1n) is 7.51. The zero-order valence-electron chi connectivity index (χ0n) is 13.8. The number of furan rings is 1. The van der Waals surface area contributed by atoms with E-state index >= 15 is 0 Å². The van der Waals surface area contributed by atoms with Gasteiger partial charge in [0, 0.05) is 19.8 Å². The first kappa shape index (κ1) is 15.9. The number of aromatic nitrogens is 1. The Morgan fingerprint density at radius 2 is 1.96 bits per heavy atom. The Balaban J connectivity index is 1.87. The first-order chi connectivity index (χ1) is 11.5. The maximum absolute atomic E-state index is 12.6. The van der Waals surface area contributed by atoms with Gasteiger partial charge in [-0.3, -0.25) is 9.59 Å². The number of nitrogens with one attached hydrogen (secondary N) is 1. The Hall–Kier alpha value is -3.02. The Morgan fingerprint density at radius 1 is 1.25 bits per heavy atom. The van der Waals surface area contributed by atoms with Gasteiger partial charge in [-0.1, -0.05) is 12.1 Å². The van der Waals surface area contributed by atoms with Crippen molar-refractivity contribution in [2.75, 3.05) is 7.11 Å². The number of nitrogens with zero attached hydrogens (tertiary/aromatic N) is 1. The van der Waals surface area contributed by atoms with Crippen LogP contribution in [0.2, 0.25) is 0 Å².